The van der Waals surface area contributed by atoms with Gasteiger partial charge in [-0.2, -0.15) is 5.01 Å². The fraction of sp³-hybridized carbons (Fsp3) is 0.222. The monoisotopic (exact) mass is 420 g/mol. The first-order valence-corrected chi connectivity index (χ1v) is 8.50. The van der Waals surface area contributed by atoms with Gasteiger partial charge in [-0.05, 0) is 24.3 Å². The molecule has 0 saturated heterocycles. The number of rotatable bonds is 4. The van der Waals surface area contributed by atoms with E-state index < -0.39 is 6.23 Å². The van der Waals surface area contributed by atoms with Gasteiger partial charge in [0, 0.05) is 11.4 Å². The topological polar surface area (TPSA) is 80.6 Å². The number of hydrogen-bond acceptors (Lipinski definition) is 6. The van der Waals surface area contributed by atoms with Crippen molar-refractivity contribution in [3.8, 4) is 17.2 Å². The average molecular weight is 421 g/mol. The van der Waals surface area contributed by atoms with Crippen molar-refractivity contribution in [2.75, 3.05) is 14.2 Å². The van der Waals surface area contributed by atoms with Gasteiger partial charge in [-0.15, -0.1) is 5.10 Å². The summed E-state index contributed by atoms with van der Waals surface area (Å²) in [5.74, 6) is 0.585. The molecule has 26 heavy (non-hydrogen) atoms. The van der Waals surface area contributed by atoms with Gasteiger partial charge in [0.05, 0.1) is 25.3 Å². The van der Waals surface area contributed by atoms with Crippen molar-refractivity contribution >= 4 is 27.7 Å². The number of ether oxygens (including phenoxy) is 3. The maximum Gasteiger partial charge on any atom is 0.244 e. The van der Waals surface area contributed by atoms with Gasteiger partial charge in [0.25, 0.3) is 0 Å². The fourth-order valence-corrected chi connectivity index (χ4v) is 3.09. The summed E-state index contributed by atoms with van der Waals surface area (Å²) in [5, 5.41) is 15.9. The number of methoxy groups -OCH3 is 2. The van der Waals surface area contributed by atoms with Gasteiger partial charge in [-0.3, -0.25) is 4.79 Å². The molecule has 136 valence electrons. The van der Waals surface area contributed by atoms with E-state index in [1.807, 2.05) is 12.1 Å². The summed E-state index contributed by atoms with van der Waals surface area (Å²) in [4.78, 5) is 12.1. The van der Waals surface area contributed by atoms with Crippen LogP contribution in [-0.4, -0.2) is 36.1 Å². The maximum atomic E-state index is 12.1. The molecule has 2 aromatic rings. The number of benzene rings is 2. The highest BCUT2D eigenvalue weighted by Crippen LogP contribution is 2.42. The Morgan fingerprint density at radius 3 is 2.58 bits per heavy atom. The van der Waals surface area contributed by atoms with E-state index in [0.29, 0.717) is 21.3 Å². The van der Waals surface area contributed by atoms with Gasteiger partial charge in [-0.25, -0.2) is 0 Å². The second kappa shape index (κ2) is 7.25. The molecule has 0 fully saturated rings. The summed E-state index contributed by atoms with van der Waals surface area (Å²) in [7, 11) is 2.99. The minimum Gasteiger partial charge on any atom is -0.504 e. The number of carbonyl (C=O) groups excluding carboxylic acids is 1. The lowest BCUT2D eigenvalue weighted by Crippen LogP contribution is -2.25. The molecule has 0 unspecified atom stereocenters. The zero-order valence-corrected chi connectivity index (χ0v) is 16.0. The van der Waals surface area contributed by atoms with E-state index in [1.165, 1.54) is 19.0 Å². The highest BCUT2D eigenvalue weighted by Gasteiger charge is 2.36. The first kappa shape index (κ1) is 18.1. The molecule has 1 aliphatic heterocycles. The second-order valence-corrected chi connectivity index (χ2v) is 6.40. The Labute approximate surface area is 158 Å². The molecule has 1 aliphatic rings. The third-order valence-corrected chi connectivity index (χ3v) is 4.32. The predicted molar refractivity (Wildman–Crippen MR) is 98.2 cm³/mol. The first-order valence-electron chi connectivity index (χ1n) is 7.71. The van der Waals surface area contributed by atoms with Crippen molar-refractivity contribution in [3.05, 3.63) is 52.0 Å². The van der Waals surface area contributed by atoms with Gasteiger partial charge in [-0.1, -0.05) is 28.1 Å². The molecule has 1 heterocycles. The minimum atomic E-state index is -0.932. The third-order valence-electron chi connectivity index (χ3n) is 3.86. The molecule has 0 saturated carbocycles. The molecule has 7 nitrogen and oxygen atoms in total. The van der Waals surface area contributed by atoms with Crippen LogP contribution in [0.1, 0.15) is 24.3 Å². The van der Waals surface area contributed by atoms with E-state index >= 15 is 0 Å². The standard InChI is InChI=1S/C18H17BrN2O5/c1-10(22)21-18(13-8-11(19)9-15(25-3)16(13)23)26-17(20-21)12-6-4-5-7-14(12)24-2/h4-9,18,23H,1-3H3/t18-/m1/s1. The minimum absolute atomic E-state index is 0.122. The largest absolute Gasteiger partial charge is 0.504 e. The van der Waals surface area contributed by atoms with Crippen LogP contribution in [0.25, 0.3) is 0 Å². The van der Waals surface area contributed by atoms with Gasteiger partial charge >= 0.3 is 0 Å². The van der Waals surface area contributed by atoms with Crippen LogP contribution in [0.3, 0.4) is 0 Å². The summed E-state index contributed by atoms with van der Waals surface area (Å²) in [6, 6.07) is 10.5. The van der Waals surface area contributed by atoms with E-state index in [9.17, 15) is 9.90 Å². The molecule has 0 aliphatic carbocycles. The van der Waals surface area contributed by atoms with E-state index in [-0.39, 0.29) is 23.3 Å². The first-order chi connectivity index (χ1) is 12.5. The lowest BCUT2D eigenvalue weighted by atomic mass is 10.1. The molecule has 0 radical (unpaired) electrons. The van der Waals surface area contributed by atoms with Gasteiger partial charge in [0.15, 0.2) is 11.5 Å². The Hall–Kier alpha value is -2.74. The highest BCUT2D eigenvalue weighted by atomic mass is 79.9. The van der Waals surface area contributed by atoms with Crippen LogP contribution in [-0.2, 0) is 9.53 Å². The molecule has 1 N–H and O–H groups in total. The number of para-hydroxylation sites is 1. The molecule has 0 bridgehead atoms. The van der Waals surface area contributed by atoms with Crippen LogP contribution in [0.2, 0.25) is 0 Å². The Morgan fingerprint density at radius 1 is 1.23 bits per heavy atom. The number of amides is 1. The average Bonchev–Trinajstić information content (AvgIpc) is 3.08. The van der Waals surface area contributed by atoms with Crippen molar-refractivity contribution in [2.24, 2.45) is 5.10 Å². The molecule has 0 aromatic heterocycles. The summed E-state index contributed by atoms with van der Waals surface area (Å²) in [6.45, 7) is 1.37. The number of aromatic hydroxyl groups is 1. The van der Waals surface area contributed by atoms with Crippen LogP contribution in [0.4, 0.5) is 0 Å². The van der Waals surface area contributed by atoms with Crippen LogP contribution in [0.5, 0.6) is 17.2 Å². The number of hydrogen-bond donors (Lipinski definition) is 1. The van der Waals surface area contributed by atoms with Crippen molar-refractivity contribution in [2.45, 2.75) is 13.2 Å². The van der Waals surface area contributed by atoms with Crippen molar-refractivity contribution in [1.82, 2.24) is 5.01 Å². The molecule has 3 rings (SSSR count). The molecule has 1 amide bonds. The van der Waals surface area contributed by atoms with Gasteiger partial charge in [0.2, 0.25) is 18.0 Å². The zero-order chi connectivity index (χ0) is 18.8. The molecular weight excluding hydrogens is 404 g/mol. The van der Waals surface area contributed by atoms with Crippen molar-refractivity contribution in [1.29, 1.82) is 0 Å². The maximum absolute atomic E-state index is 12.1. The van der Waals surface area contributed by atoms with Crippen molar-refractivity contribution < 1.29 is 24.1 Å². The lowest BCUT2D eigenvalue weighted by molar-refractivity contribution is -0.135. The van der Waals surface area contributed by atoms with Crippen LogP contribution in [0.15, 0.2) is 46.0 Å². The molecule has 1 atom stereocenters. The van der Waals surface area contributed by atoms with Crippen LogP contribution in [0, 0.1) is 0 Å². The number of halogens is 1. The third kappa shape index (κ3) is 3.20. The van der Waals surface area contributed by atoms with E-state index in [2.05, 4.69) is 21.0 Å². The molecule has 0 spiro atoms. The number of carbonyl (C=O) groups is 1. The smallest absolute Gasteiger partial charge is 0.244 e. The molecular formula is C18H17BrN2O5. The summed E-state index contributed by atoms with van der Waals surface area (Å²) in [5.41, 5.74) is 0.949. The predicted octanol–water partition coefficient (Wildman–Crippen LogP) is 3.41. The lowest BCUT2D eigenvalue weighted by Gasteiger charge is -2.21. The zero-order valence-electron chi connectivity index (χ0n) is 14.4. The summed E-state index contributed by atoms with van der Waals surface area (Å²) in [6.07, 6.45) is -0.932. The van der Waals surface area contributed by atoms with E-state index in [4.69, 9.17) is 14.2 Å². The summed E-state index contributed by atoms with van der Waals surface area (Å²) < 4.78 is 17.1. The van der Waals surface area contributed by atoms with E-state index in [1.54, 1.807) is 31.4 Å². The molecule has 2 aromatic carbocycles. The van der Waals surface area contributed by atoms with Gasteiger partial charge in [0.1, 0.15) is 5.75 Å². The quantitative estimate of drug-likeness (QED) is 0.819. The second-order valence-electron chi connectivity index (χ2n) is 5.49. The Bertz CT molecular complexity index is 884. The fourth-order valence-electron chi connectivity index (χ4n) is 2.64. The number of phenols is 1. The Balaban J connectivity index is 2.06. The Morgan fingerprint density at radius 2 is 1.92 bits per heavy atom. The SMILES string of the molecule is COc1ccccc1C1=NN(C(C)=O)[C@@H](c2cc(Br)cc(OC)c2O)O1. The number of nitrogens with zero attached hydrogens (tertiary/aromatic N) is 2. The highest BCUT2D eigenvalue weighted by molar-refractivity contribution is 9.10. The Kier molecular flexibility index (Phi) is 5.03. The van der Waals surface area contributed by atoms with Crippen molar-refractivity contribution in [3.63, 3.8) is 0 Å². The number of hydrazone groups is 1. The van der Waals surface area contributed by atoms with Crippen LogP contribution >= 0.6 is 15.9 Å². The van der Waals surface area contributed by atoms with E-state index in [0.717, 1.165) is 0 Å². The number of phenolic OH excluding ortho intramolecular Hbond substituents is 1. The summed E-state index contributed by atoms with van der Waals surface area (Å²) >= 11 is 3.37. The normalized spacial score (nSPS) is 16.1. The van der Waals surface area contributed by atoms with Crippen LogP contribution < -0.4 is 9.47 Å². The molecule has 8 heteroatoms. The van der Waals surface area contributed by atoms with Gasteiger partial charge < -0.3 is 19.3 Å².